The van der Waals surface area contributed by atoms with Crippen molar-refractivity contribution in [3.05, 3.63) is 59.2 Å². The first-order valence-corrected chi connectivity index (χ1v) is 8.22. The highest BCUT2D eigenvalue weighted by Gasteiger charge is 2.15. The molecular formula is C19H19N3O4. The second-order valence-corrected chi connectivity index (χ2v) is 6.00. The second kappa shape index (κ2) is 7.69. The lowest BCUT2D eigenvalue weighted by molar-refractivity contribution is -0.123. The fourth-order valence-electron chi connectivity index (χ4n) is 2.68. The zero-order valence-corrected chi connectivity index (χ0v) is 14.1. The Morgan fingerprint density at radius 3 is 2.81 bits per heavy atom. The van der Waals surface area contributed by atoms with E-state index in [4.69, 9.17) is 10.5 Å². The summed E-state index contributed by atoms with van der Waals surface area (Å²) >= 11 is 0. The van der Waals surface area contributed by atoms with E-state index in [9.17, 15) is 14.4 Å². The van der Waals surface area contributed by atoms with Crippen LogP contribution in [0.15, 0.2) is 42.5 Å². The zero-order valence-electron chi connectivity index (χ0n) is 14.1. The number of anilines is 1. The maximum absolute atomic E-state index is 12.0. The van der Waals surface area contributed by atoms with Gasteiger partial charge in [-0.05, 0) is 47.9 Å². The molecule has 26 heavy (non-hydrogen) atoms. The maximum atomic E-state index is 12.0. The number of nitrogens with one attached hydrogen (secondary N) is 2. The Labute approximate surface area is 150 Å². The smallest absolute Gasteiger partial charge is 0.258 e. The number of rotatable bonds is 6. The third kappa shape index (κ3) is 4.38. The molecule has 0 aromatic heterocycles. The maximum Gasteiger partial charge on any atom is 0.258 e. The Balaban J connectivity index is 1.51. The fourth-order valence-corrected chi connectivity index (χ4v) is 2.68. The summed E-state index contributed by atoms with van der Waals surface area (Å²) in [5.41, 5.74) is 8.19. The SMILES string of the molecule is NC(=O)c1cccc(CNC(=O)COc2ccc3c(c2)CCC(=O)N3)c1. The molecule has 0 saturated carbocycles. The van der Waals surface area contributed by atoms with Gasteiger partial charge < -0.3 is 21.1 Å². The van der Waals surface area contributed by atoms with E-state index in [0.717, 1.165) is 16.8 Å². The fraction of sp³-hybridized carbons (Fsp3) is 0.211. The molecule has 0 saturated heterocycles. The van der Waals surface area contributed by atoms with Gasteiger partial charge in [0.1, 0.15) is 5.75 Å². The molecule has 1 heterocycles. The summed E-state index contributed by atoms with van der Waals surface area (Å²) in [6.45, 7) is 0.153. The summed E-state index contributed by atoms with van der Waals surface area (Å²) in [6.07, 6.45) is 1.10. The molecule has 7 heteroatoms. The average molecular weight is 353 g/mol. The number of nitrogens with two attached hydrogens (primary N) is 1. The predicted octanol–water partition coefficient (Wildman–Crippen LogP) is 1.37. The molecule has 0 unspecified atom stereocenters. The van der Waals surface area contributed by atoms with Crippen LogP contribution in [0.2, 0.25) is 0 Å². The monoisotopic (exact) mass is 353 g/mol. The van der Waals surface area contributed by atoms with Gasteiger partial charge in [0, 0.05) is 24.2 Å². The van der Waals surface area contributed by atoms with Crippen LogP contribution in [-0.4, -0.2) is 24.3 Å². The van der Waals surface area contributed by atoms with E-state index in [0.29, 0.717) is 24.2 Å². The minimum atomic E-state index is -0.509. The largest absolute Gasteiger partial charge is 0.484 e. The molecule has 0 bridgehead atoms. The lowest BCUT2D eigenvalue weighted by Crippen LogP contribution is -2.28. The molecule has 0 radical (unpaired) electrons. The van der Waals surface area contributed by atoms with Crippen LogP contribution >= 0.6 is 0 Å². The zero-order chi connectivity index (χ0) is 18.5. The molecule has 2 aromatic carbocycles. The third-order valence-electron chi connectivity index (χ3n) is 4.04. The first kappa shape index (κ1) is 17.5. The molecule has 0 spiro atoms. The number of aryl methyl sites for hydroxylation is 1. The van der Waals surface area contributed by atoms with E-state index in [1.165, 1.54) is 0 Å². The van der Waals surface area contributed by atoms with Gasteiger partial charge in [-0.2, -0.15) is 0 Å². The summed E-state index contributed by atoms with van der Waals surface area (Å²) in [5, 5.41) is 5.53. The Hall–Kier alpha value is -3.35. The summed E-state index contributed by atoms with van der Waals surface area (Å²) < 4.78 is 5.51. The lowest BCUT2D eigenvalue weighted by atomic mass is 10.0. The summed E-state index contributed by atoms with van der Waals surface area (Å²) in [4.78, 5) is 34.5. The summed E-state index contributed by atoms with van der Waals surface area (Å²) in [7, 11) is 0. The van der Waals surface area contributed by atoms with E-state index in [1.807, 2.05) is 6.07 Å². The standard InChI is InChI=1S/C19H19N3O4/c20-19(25)14-3-1-2-12(8-14)10-21-18(24)11-26-15-5-6-16-13(9-15)4-7-17(23)22-16/h1-3,5-6,8-9H,4,7,10-11H2,(H2,20,25)(H,21,24)(H,22,23). The van der Waals surface area contributed by atoms with E-state index >= 15 is 0 Å². The van der Waals surface area contributed by atoms with Gasteiger partial charge in [0.15, 0.2) is 6.61 Å². The number of primary amides is 1. The minimum Gasteiger partial charge on any atom is -0.484 e. The molecule has 4 N–H and O–H groups in total. The van der Waals surface area contributed by atoms with Crippen molar-refractivity contribution >= 4 is 23.4 Å². The highest BCUT2D eigenvalue weighted by molar-refractivity contribution is 5.94. The average Bonchev–Trinajstić information content (AvgIpc) is 2.64. The first-order valence-electron chi connectivity index (χ1n) is 8.22. The van der Waals surface area contributed by atoms with Gasteiger partial charge in [-0.15, -0.1) is 0 Å². The van der Waals surface area contributed by atoms with Crippen LogP contribution in [0.25, 0.3) is 0 Å². The molecule has 1 aliphatic heterocycles. The van der Waals surface area contributed by atoms with Crippen molar-refractivity contribution in [1.82, 2.24) is 5.32 Å². The van der Waals surface area contributed by atoms with E-state index in [2.05, 4.69) is 10.6 Å². The quantitative estimate of drug-likeness (QED) is 0.728. The van der Waals surface area contributed by atoms with E-state index in [1.54, 1.807) is 36.4 Å². The van der Waals surface area contributed by atoms with Crippen LogP contribution in [0.1, 0.15) is 27.9 Å². The molecule has 134 valence electrons. The number of hydrogen-bond acceptors (Lipinski definition) is 4. The van der Waals surface area contributed by atoms with Crippen LogP contribution in [0, 0.1) is 0 Å². The van der Waals surface area contributed by atoms with Gasteiger partial charge >= 0.3 is 0 Å². The van der Waals surface area contributed by atoms with Crippen molar-refractivity contribution in [1.29, 1.82) is 0 Å². The number of fused-ring (bicyclic) bond motifs is 1. The van der Waals surface area contributed by atoms with Crippen molar-refractivity contribution in [2.75, 3.05) is 11.9 Å². The molecule has 0 aliphatic carbocycles. The first-order chi connectivity index (χ1) is 12.5. The molecule has 1 aliphatic rings. The molecule has 0 atom stereocenters. The highest BCUT2D eigenvalue weighted by Crippen LogP contribution is 2.26. The normalized spacial score (nSPS) is 12.7. The van der Waals surface area contributed by atoms with Crippen molar-refractivity contribution in [2.45, 2.75) is 19.4 Å². The number of ether oxygens (including phenoxy) is 1. The van der Waals surface area contributed by atoms with Crippen LogP contribution in [0.4, 0.5) is 5.69 Å². The van der Waals surface area contributed by atoms with Gasteiger partial charge in [-0.3, -0.25) is 14.4 Å². The predicted molar refractivity (Wildman–Crippen MR) is 95.7 cm³/mol. The Morgan fingerprint density at radius 1 is 1.15 bits per heavy atom. The van der Waals surface area contributed by atoms with Crippen LogP contribution in [-0.2, 0) is 22.6 Å². The summed E-state index contributed by atoms with van der Waals surface area (Å²) in [6, 6.07) is 12.1. The topological polar surface area (TPSA) is 111 Å². The van der Waals surface area contributed by atoms with E-state index < -0.39 is 5.91 Å². The van der Waals surface area contributed by atoms with Crippen LogP contribution in [0.3, 0.4) is 0 Å². The molecule has 7 nitrogen and oxygen atoms in total. The van der Waals surface area contributed by atoms with Gasteiger partial charge in [-0.25, -0.2) is 0 Å². The van der Waals surface area contributed by atoms with Crippen LogP contribution in [0.5, 0.6) is 5.75 Å². The van der Waals surface area contributed by atoms with E-state index in [-0.39, 0.29) is 25.0 Å². The molecule has 0 fully saturated rings. The number of benzene rings is 2. The number of hydrogen-bond donors (Lipinski definition) is 3. The van der Waals surface area contributed by atoms with Crippen molar-refractivity contribution in [3.63, 3.8) is 0 Å². The summed E-state index contributed by atoms with van der Waals surface area (Å²) in [5.74, 6) is -0.206. The molecule has 3 rings (SSSR count). The van der Waals surface area contributed by atoms with Crippen molar-refractivity contribution < 1.29 is 19.1 Å². The Kier molecular flexibility index (Phi) is 5.17. The third-order valence-corrected chi connectivity index (χ3v) is 4.04. The number of amides is 3. The Bertz CT molecular complexity index is 864. The molecule has 3 amide bonds. The molecule has 2 aromatic rings. The molecular weight excluding hydrogens is 334 g/mol. The van der Waals surface area contributed by atoms with Gasteiger partial charge in [0.25, 0.3) is 5.91 Å². The lowest BCUT2D eigenvalue weighted by Gasteiger charge is -2.17. The van der Waals surface area contributed by atoms with Gasteiger partial charge in [-0.1, -0.05) is 12.1 Å². The Morgan fingerprint density at radius 2 is 2.00 bits per heavy atom. The van der Waals surface area contributed by atoms with Crippen molar-refractivity contribution in [2.24, 2.45) is 5.73 Å². The van der Waals surface area contributed by atoms with Crippen LogP contribution < -0.4 is 21.1 Å². The second-order valence-electron chi connectivity index (χ2n) is 6.00. The minimum absolute atomic E-state index is 0.00551. The number of carbonyl (C=O) groups excluding carboxylic acids is 3. The van der Waals surface area contributed by atoms with Gasteiger partial charge in [0.2, 0.25) is 11.8 Å². The highest BCUT2D eigenvalue weighted by atomic mass is 16.5. The van der Waals surface area contributed by atoms with Gasteiger partial charge in [0.05, 0.1) is 0 Å². The number of carbonyl (C=O) groups is 3. The van der Waals surface area contributed by atoms with Crippen molar-refractivity contribution in [3.8, 4) is 5.75 Å².